The van der Waals surface area contributed by atoms with Gasteiger partial charge in [-0.05, 0) is 105 Å². The van der Waals surface area contributed by atoms with Crippen molar-refractivity contribution in [3.63, 3.8) is 0 Å². The van der Waals surface area contributed by atoms with E-state index in [0.29, 0.717) is 0 Å². The number of hydrogen-bond acceptors (Lipinski definition) is 0. The number of rotatable bonds is 9. The molecule has 0 spiro atoms. The van der Waals surface area contributed by atoms with E-state index in [4.69, 9.17) is 0 Å². The van der Waals surface area contributed by atoms with Crippen molar-refractivity contribution < 1.29 is 0 Å². The summed E-state index contributed by atoms with van der Waals surface area (Å²) >= 11 is 0. The van der Waals surface area contributed by atoms with Crippen LogP contribution >= 0.6 is 0 Å². The average Bonchev–Trinajstić information content (AvgIpc) is 3.91. The van der Waals surface area contributed by atoms with Crippen LogP contribution in [0.3, 0.4) is 0 Å². The fourth-order valence-electron chi connectivity index (χ4n) is 9.30. The maximum absolute atomic E-state index is 3.96. The molecule has 0 aliphatic rings. The summed E-state index contributed by atoms with van der Waals surface area (Å²) in [5, 5.41) is 4.94. The molecule has 0 saturated carbocycles. The molecule has 2 nitrogen and oxygen atoms in total. The number of allylic oxidation sites excluding steroid dienone is 4. The molecule has 0 atom stereocenters. The third kappa shape index (κ3) is 7.88. The topological polar surface area (TPSA) is 9.86 Å². The van der Waals surface area contributed by atoms with E-state index in [1.54, 1.807) is 6.08 Å². The summed E-state index contributed by atoms with van der Waals surface area (Å²) in [6, 6.07) is 77.3. The van der Waals surface area contributed by atoms with Gasteiger partial charge in [0, 0.05) is 32.8 Å². The second kappa shape index (κ2) is 19.3. The lowest BCUT2D eigenvalue weighted by Crippen LogP contribution is -1.97. The number of benzene rings is 9. The molecule has 0 aliphatic heterocycles. The molecule has 0 fully saturated rings. The molecule has 9 aromatic carbocycles. The first-order chi connectivity index (χ1) is 32.7. The van der Waals surface area contributed by atoms with Gasteiger partial charge in [-0.3, -0.25) is 0 Å². The van der Waals surface area contributed by atoms with Gasteiger partial charge in [0.15, 0.2) is 0 Å². The van der Waals surface area contributed by atoms with Crippen molar-refractivity contribution in [2.45, 2.75) is 27.7 Å². The molecule has 11 rings (SSSR count). The van der Waals surface area contributed by atoms with Crippen LogP contribution in [0.15, 0.2) is 244 Å². The van der Waals surface area contributed by atoms with Crippen LogP contribution in [-0.4, -0.2) is 9.13 Å². The molecule has 0 amide bonds. The third-order valence-electron chi connectivity index (χ3n) is 12.3. The van der Waals surface area contributed by atoms with Crippen molar-refractivity contribution >= 4 is 49.2 Å². The van der Waals surface area contributed by atoms with Crippen molar-refractivity contribution in [1.29, 1.82) is 0 Å². The SMILES string of the molecule is C=C/C=C(\C=C)c1ccc(-c2ccc(-n3c4ccccc4c4cc(-c5ccc6c(c5)c5ccccc5n6-c5ccccc5-c5ccc(-c6ccccc6)cc5)ccc43)cc2)cc1.CC.CC. The predicted octanol–water partition coefficient (Wildman–Crippen LogP) is 18.4. The molecule has 0 saturated heterocycles. The molecule has 66 heavy (non-hydrogen) atoms. The summed E-state index contributed by atoms with van der Waals surface area (Å²) in [4.78, 5) is 0. The molecule has 0 aliphatic carbocycles. The van der Waals surface area contributed by atoms with E-state index >= 15 is 0 Å². The maximum Gasteiger partial charge on any atom is 0.0541 e. The van der Waals surface area contributed by atoms with Crippen LogP contribution < -0.4 is 0 Å². The number of nitrogens with zero attached hydrogens (tertiary/aromatic N) is 2. The highest BCUT2D eigenvalue weighted by Gasteiger charge is 2.18. The van der Waals surface area contributed by atoms with Crippen LogP contribution in [0.25, 0.3) is 105 Å². The molecule has 2 heterocycles. The van der Waals surface area contributed by atoms with Crippen LogP contribution in [0.1, 0.15) is 33.3 Å². The van der Waals surface area contributed by atoms with Crippen molar-refractivity contribution in [1.82, 2.24) is 9.13 Å². The first kappa shape index (κ1) is 43.1. The highest BCUT2D eigenvalue weighted by atomic mass is 15.0. The van der Waals surface area contributed by atoms with Gasteiger partial charge >= 0.3 is 0 Å². The Morgan fingerprint density at radius 2 is 0.788 bits per heavy atom. The van der Waals surface area contributed by atoms with Gasteiger partial charge in [-0.2, -0.15) is 0 Å². The van der Waals surface area contributed by atoms with Crippen LogP contribution in [0.2, 0.25) is 0 Å². The van der Waals surface area contributed by atoms with E-state index in [9.17, 15) is 0 Å². The molecular weight excluding hydrogens is 797 g/mol. The number of fused-ring (bicyclic) bond motifs is 6. The quantitative estimate of drug-likeness (QED) is 0.128. The lowest BCUT2D eigenvalue weighted by atomic mass is 9.99. The first-order valence-electron chi connectivity index (χ1n) is 23.2. The minimum Gasteiger partial charge on any atom is -0.309 e. The summed E-state index contributed by atoms with van der Waals surface area (Å²) in [5.41, 5.74) is 18.8. The van der Waals surface area contributed by atoms with E-state index in [0.717, 1.165) is 22.5 Å². The normalized spacial score (nSPS) is 11.2. The van der Waals surface area contributed by atoms with Crippen molar-refractivity contribution in [2.75, 3.05) is 0 Å². The Kier molecular flexibility index (Phi) is 12.6. The van der Waals surface area contributed by atoms with Crippen molar-refractivity contribution in [3.8, 4) is 55.9 Å². The minimum absolute atomic E-state index is 1.06. The standard InChI is InChI=1S/C60H42N2.2C2H6/c1-3-14-41(4-2)43-23-25-45(26-24-43)46-31-35-50(36-32-46)61-57-21-12-9-18-52(57)54-39-48(33-37-59(54)61)49-34-38-60-55(40-49)53-19-10-13-22-58(53)62(60)56-20-11-8-17-51(56)47-29-27-44(28-30-47)42-15-6-5-7-16-42;2*1-2/h3-40H,1-2H2;2*1-2H3/b41-14+;;. The summed E-state index contributed by atoms with van der Waals surface area (Å²) < 4.78 is 4.83. The molecule has 0 bridgehead atoms. The van der Waals surface area contributed by atoms with Crippen molar-refractivity contribution in [2.24, 2.45) is 0 Å². The van der Waals surface area contributed by atoms with Gasteiger partial charge in [-0.15, -0.1) is 0 Å². The van der Waals surface area contributed by atoms with Gasteiger partial charge in [0.1, 0.15) is 0 Å². The highest BCUT2D eigenvalue weighted by molar-refractivity contribution is 6.13. The maximum atomic E-state index is 3.96. The zero-order valence-electron chi connectivity index (χ0n) is 38.2. The van der Waals surface area contributed by atoms with E-state index in [1.165, 1.54) is 88.1 Å². The van der Waals surface area contributed by atoms with E-state index in [2.05, 4.69) is 235 Å². The smallest absolute Gasteiger partial charge is 0.0541 e. The van der Waals surface area contributed by atoms with Crippen LogP contribution in [0, 0.1) is 0 Å². The Labute approximate surface area is 389 Å². The molecule has 320 valence electrons. The second-order valence-electron chi connectivity index (χ2n) is 15.8. The van der Waals surface area contributed by atoms with E-state index < -0.39 is 0 Å². The lowest BCUT2D eigenvalue weighted by Gasteiger charge is -2.14. The van der Waals surface area contributed by atoms with Gasteiger partial charge < -0.3 is 9.13 Å². The second-order valence-corrected chi connectivity index (χ2v) is 15.8. The monoisotopic (exact) mass is 850 g/mol. The molecular formula is C64H54N2. The Balaban J connectivity index is 0.00000133. The summed E-state index contributed by atoms with van der Waals surface area (Å²) in [5.74, 6) is 0. The van der Waals surface area contributed by atoms with Crippen LogP contribution in [0.4, 0.5) is 0 Å². The van der Waals surface area contributed by atoms with Gasteiger partial charge in [0.25, 0.3) is 0 Å². The summed E-state index contributed by atoms with van der Waals surface area (Å²) in [6.07, 6.45) is 5.65. The summed E-state index contributed by atoms with van der Waals surface area (Å²) in [7, 11) is 0. The molecule has 0 N–H and O–H groups in total. The van der Waals surface area contributed by atoms with Crippen LogP contribution in [0.5, 0.6) is 0 Å². The third-order valence-corrected chi connectivity index (χ3v) is 12.3. The molecule has 0 radical (unpaired) electrons. The summed E-state index contributed by atoms with van der Waals surface area (Å²) in [6.45, 7) is 15.8. The lowest BCUT2D eigenvalue weighted by molar-refractivity contribution is 1.18. The molecule has 0 unspecified atom stereocenters. The van der Waals surface area contributed by atoms with Crippen LogP contribution in [-0.2, 0) is 0 Å². The molecule has 2 aromatic heterocycles. The van der Waals surface area contributed by atoms with Crippen molar-refractivity contribution in [3.05, 3.63) is 249 Å². The highest BCUT2D eigenvalue weighted by Crippen LogP contribution is 2.40. The first-order valence-corrected chi connectivity index (χ1v) is 23.2. The Hall–Kier alpha value is -8.20. The predicted molar refractivity (Wildman–Crippen MR) is 288 cm³/mol. The number of para-hydroxylation sites is 3. The fourth-order valence-corrected chi connectivity index (χ4v) is 9.30. The Morgan fingerprint density at radius 3 is 1.36 bits per heavy atom. The average molecular weight is 851 g/mol. The zero-order valence-corrected chi connectivity index (χ0v) is 38.2. The zero-order chi connectivity index (χ0) is 45.6. The van der Waals surface area contributed by atoms with Gasteiger partial charge in [-0.25, -0.2) is 0 Å². The Bertz CT molecular complexity index is 3510. The van der Waals surface area contributed by atoms with E-state index in [-0.39, 0.29) is 0 Å². The fraction of sp³-hybridized carbons (Fsp3) is 0.0625. The molecule has 2 heteroatoms. The Morgan fingerprint density at radius 1 is 0.364 bits per heavy atom. The van der Waals surface area contributed by atoms with Gasteiger partial charge in [0.2, 0.25) is 0 Å². The minimum atomic E-state index is 1.06. The van der Waals surface area contributed by atoms with Gasteiger partial charge in [0.05, 0.1) is 27.8 Å². The largest absolute Gasteiger partial charge is 0.309 e. The number of aromatic nitrogens is 2. The van der Waals surface area contributed by atoms with Gasteiger partial charge in [-0.1, -0.05) is 217 Å². The number of hydrogen-bond donors (Lipinski definition) is 0. The van der Waals surface area contributed by atoms with E-state index in [1.807, 2.05) is 39.8 Å². The molecule has 11 aromatic rings.